The lowest BCUT2D eigenvalue weighted by atomic mass is 10.0. The van der Waals surface area contributed by atoms with E-state index in [1.54, 1.807) is 18.4 Å². The van der Waals surface area contributed by atoms with E-state index in [9.17, 15) is 0 Å². The first-order chi connectivity index (χ1) is 16.7. The minimum Gasteiger partial charge on any atom is -0.497 e. The van der Waals surface area contributed by atoms with Gasteiger partial charge in [0.2, 0.25) is 0 Å². The number of hydrogen-bond acceptors (Lipinski definition) is 8. The maximum Gasteiger partial charge on any atom is 0.185 e. The van der Waals surface area contributed by atoms with Crippen molar-refractivity contribution in [2.24, 2.45) is 10.8 Å². The number of thiazole rings is 1. The number of nitrogens with two attached hydrogens (primary N) is 1. The molecule has 3 atom stereocenters. The number of nitrogens with zero attached hydrogens (tertiary/aromatic N) is 2. The Balaban J connectivity index is 1.32. The zero-order valence-electron chi connectivity index (χ0n) is 18.6. The summed E-state index contributed by atoms with van der Waals surface area (Å²) >= 11 is 1.54. The van der Waals surface area contributed by atoms with E-state index in [-0.39, 0.29) is 12.3 Å². The number of nitrogens with one attached hydrogen (secondary N) is 2. The number of ether oxygens (including phenoxy) is 2. The first-order valence-electron chi connectivity index (χ1n) is 10.9. The van der Waals surface area contributed by atoms with Crippen LogP contribution in [0.3, 0.4) is 0 Å². The lowest BCUT2D eigenvalue weighted by Crippen LogP contribution is -2.29. The van der Waals surface area contributed by atoms with Crippen LogP contribution in [-0.2, 0) is 4.74 Å². The van der Waals surface area contributed by atoms with E-state index in [1.807, 2.05) is 90.3 Å². The van der Waals surface area contributed by atoms with Crippen LogP contribution in [0.2, 0.25) is 0 Å². The maximum atomic E-state index is 6.61. The van der Waals surface area contributed by atoms with Crippen molar-refractivity contribution in [1.29, 1.82) is 0 Å². The van der Waals surface area contributed by atoms with Crippen molar-refractivity contribution >= 4 is 27.9 Å². The van der Waals surface area contributed by atoms with Gasteiger partial charge in [0.25, 0.3) is 0 Å². The fourth-order valence-electron chi connectivity index (χ4n) is 3.59. The number of anilines is 2. The average molecular weight is 472 g/mol. The summed E-state index contributed by atoms with van der Waals surface area (Å²) in [5.41, 5.74) is 14.2. The molecule has 34 heavy (non-hydrogen) atoms. The Kier molecular flexibility index (Phi) is 6.53. The highest BCUT2D eigenvalue weighted by Crippen LogP contribution is 2.33. The second kappa shape index (κ2) is 10.0. The van der Waals surface area contributed by atoms with Crippen molar-refractivity contribution in [2.45, 2.75) is 18.4 Å². The Morgan fingerprint density at radius 3 is 2.44 bits per heavy atom. The quantitative estimate of drug-likeness (QED) is 0.178. The summed E-state index contributed by atoms with van der Waals surface area (Å²) in [6.07, 6.45) is -0.522. The fourth-order valence-corrected chi connectivity index (χ4v) is 4.33. The van der Waals surface area contributed by atoms with Crippen molar-refractivity contribution in [3.63, 3.8) is 0 Å². The van der Waals surface area contributed by atoms with Crippen LogP contribution in [0, 0.1) is 0 Å². The van der Waals surface area contributed by atoms with Gasteiger partial charge in [0.05, 0.1) is 30.2 Å². The summed E-state index contributed by atoms with van der Waals surface area (Å²) < 4.78 is 11.2. The average Bonchev–Trinajstić information content (AvgIpc) is 3.48. The van der Waals surface area contributed by atoms with E-state index in [0.29, 0.717) is 5.71 Å². The Bertz CT molecular complexity index is 1250. The van der Waals surface area contributed by atoms with E-state index < -0.39 is 6.04 Å². The van der Waals surface area contributed by atoms with Gasteiger partial charge in [-0.05, 0) is 29.8 Å². The molecular formula is C26H25N5O2S. The molecule has 3 unspecified atom stereocenters. The van der Waals surface area contributed by atoms with Gasteiger partial charge in [-0.2, -0.15) is 5.10 Å². The van der Waals surface area contributed by atoms with Crippen molar-refractivity contribution in [3.05, 3.63) is 95.9 Å². The highest BCUT2D eigenvalue weighted by atomic mass is 32.1. The molecule has 1 fully saturated rings. The van der Waals surface area contributed by atoms with Gasteiger partial charge in [-0.15, -0.1) is 11.3 Å². The molecule has 7 nitrogen and oxygen atoms in total. The third-order valence-corrected chi connectivity index (χ3v) is 6.28. The Hall–Kier alpha value is -3.72. The number of hydrogen-bond donors (Lipinski definition) is 3. The maximum absolute atomic E-state index is 6.61. The summed E-state index contributed by atoms with van der Waals surface area (Å²) in [4.78, 5) is 4.70. The standard InChI is InChI=1S/C26H25N5O2S/c1-32-20-14-12-19(13-15-20)30-31-23(22(27)18-10-6-3-7-11-18)24-25(33-24)29-26-28-21(16-34-26)17-8-4-2-5-9-17/h2-16,22,24-25,30H,27H2,1H3,(H,28,29)/b31-23+. The van der Waals surface area contributed by atoms with Crippen LogP contribution in [0.4, 0.5) is 10.8 Å². The molecule has 8 heteroatoms. The molecule has 172 valence electrons. The Morgan fingerprint density at radius 1 is 1.03 bits per heavy atom. The van der Waals surface area contributed by atoms with Crippen LogP contribution in [0.25, 0.3) is 11.3 Å². The van der Waals surface area contributed by atoms with Crippen LogP contribution in [0.5, 0.6) is 5.75 Å². The fraction of sp³-hybridized carbons (Fsp3) is 0.154. The highest BCUT2D eigenvalue weighted by molar-refractivity contribution is 7.14. The molecule has 4 aromatic rings. The predicted octanol–water partition coefficient (Wildman–Crippen LogP) is 5.12. The van der Waals surface area contributed by atoms with Gasteiger partial charge in [0.15, 0.2) is 11.4 Å². The van der Waals surface area contributed by atoms with Gasteiger partial charge in [-0.3, -0.25) is 5.43 Å². The smallest absolute Gasteiger partial charge is 0.185 e. The van der Waals surface area contributed by atoms with Gasteiger partial charge in [-0.25, -0.2) is 4.98 Å². The summed E-state index contributed by atoms with van der Waals surface area (Å²) in [5, 5.41) is 10.8. The summed E-state index contributed by atoms with van der Waals surface area (Å²) in [7, 11) is 1.64. The second-order valence-electron chi connectivity index (χ2n) is 7.79. The van der Waals surface area contributed by atoms with Crippen LogP contribution in [0.1, 0.15) is 11.6 Å². The highest BCUT2D eigenvalue weighted by Gasteiger charge is 2.46. The number of hydrazone groups is 1. The van der Waals surface area contributed by atoms with E-state index >= 15 is 0 Å². The minimum atomic E-state index is -0.417. The molecule has 1 aliphatic rings. The van der Waals surface area contributed by atoms with Crippen LogP contribution in [-0.4, -0.2) is 30.1 Å². The van der Waals surface area contributed by atoms with Gasteiger partial charge < -0.3 is 20.5 Å². The van der Waals surface area contributed by atoms with Crippen LogP contribution < -0.4 is 21.2 Å². The molecular weight excluding hydrogens is 446 g/mol. The molecule has 1 saturated heterocycles. The van der Waals surface area contributed by atoms with Gasteiger partial charge in [-0.1, -0.05) is 60.7 Å². The second-order valence-corrected chi connectivity index (χ2v) is 8.65. The zero-order valence-corrected chi connectivity index (χ0v) is 19.4. The number of methoxy groups -OCH3 is 1. The first kappa shape index (κ1) is 22.1. The van der Waals surface area contributed by atoms with Crippen molar-refractivity contribution < 1.29 is 9.47 Å². The SMILES string of the molecule is COc1ccc(N/N=C(\C(N)c2ccccc2)C2OC2Nc2nc(-c3ccccc3)cs2)cc1. The molecule has 0 amide bonds. The van der Waals surface area contributed by atoms with Crippen LogP contribution >= 0.6 is 11.3 Å². The van der Waals surface area contributed by atoms with Gasteiger partial charge in [0, 0.05) is 10.9 Å². The summed E-state index contributed by atoms with van der Waals surface area (Å²) in [6, 6.07) is 27.1. The number of rotatable bonds is 9. The van der Waals surface area contributed by atoms with Crippen molar-refractivity contribution in [1.82, 2.24) is 4.98 Å². The molecule has 0 aliphatic carbocycles. The normalized spacial score (nSPS) is 18.2. The molecule has 0 bridgehead atoms. The van der Waals surface area contributed by atoms with Gasteiger partial charge >= 0.3 is 0 Å². The van der Waals surface area contributed by atoms with Crippen LogP contribution in [0.15, 0.2) is 95.4 Å². The molecule has 0 radical (unpaired) electrons. The lowest BCUT2D eigenvalue weighted by molar-refractivity contribution is 0.408. The van der Waals surface area contributed by atoms with Crippen molar-refractivity contribution in [2.75, 3.05) is 17.9 Å². The minimum absolute atomic E-state index is 0.249. The Labute approximate surface area is 202 Å². The molecule has 3 aromatic carbocycles. The third-order valence-electron chi connectivity index (χ3n) is 5.50. The topological polar surface area (TPSA) is 97.1 Å². The molecule has 1 aliphatic heterocycles. The Morgan fingerprint density at radius 2 is 1.74 bits per heavy atom. The summed E-state index contributed by atoms with van der Waals surface area (Å²) in [5.74, 6) is 0.781. The molecule has 0 saturated carbocycles. The zero-order chi connectivity index (χ0) is 23.3. The van der Waals surface area contributed by atoms with E-state index in [4.69, 9.17) is 20.2 Å². The van der Waals surface area contributed by atoms with E-state index in [1.165, 1.54) is 0 Å². The summed E-state index contributed by atoms with van der Waals surface area (Å²) in [6.45, 7) is 0. The largest absolute Gasteiger partial charge is 0.497 e. The molecule has 1 aromatic heterocycles. The van der Waals surface area contributed by atoms with E-state index in [0.717, 1.165) is 33.4 Å². The molecule has 4 N–H and O–H groups in total. The van der Waals surface area contributed by atoms with Crippen molar-refractivity contribution in [3.8, 4) is 17.0 Å². The molecule has 0 spiro atoms. The van der Waals surface area contributed by atoms with E-state index in [2.05, 4.69) is 15.8 Å². The van der Waals surface area contributed by atoms with Gasteiger partial charge in [0.1, 0.15) is 11.9 Å². The predicted molar refractivity (Wildman–Crippen MR) is 137 cm³/mol. The third kappa shape index (κ3) is 5.09. The first-order valence-corrected chi connectivity index (χ1v) is 11.8. The number of aromatic nitrogens is 1. The molecule has 5 rings (SSSR count). The number of benzene rings is 3. The lowest BCUT2D eigenvalue weighted by Gasteiger charge is -2.14. The molecule has 2 heterocycles. The number of epoxide rings is 1. The monoisotopic (exact) mass is 471 g/mol.